The van der Waals surface area contributed by atoms with Crippen LogP contribution in [0.15, 0.2) is 48.5 Å². The molecule has 0 radical (unpaired) electrons. The molecule has 0 fully saturated rings. The fraction of sp³-hybridized carbons (Fsp3) is 0.579. The molecule has 0 spiro atoms. The van der Waals surface area contributed by atoms with E-state index < -0.39 is 0 Å². The number of benzene rings is 4. The minimum Gasteiger partial charge on any atom is -0.491 e. The molecule has 0 aromatic heterocycles. The van der Waals surface area contributed by atoms with Crippen molar-refractivity contribution in [1.29, 1.82) is 0 Å². The van der Waals surface area contributed by atoms with Gasteiger partial charge in [0.2, 0.25) is 0 Å². The molecule has 0 atom stereocenters. The number of fused-ring (bicyclic) bond motifs is 2. The maximum atomic E-state index is 6.99. The quantitative estimate of drug-likeness (QED) is 0.174. The second-order valence-electron chi connectivity index (χ2n) is 22.3. The first-order chi connectivity index (χ1) is 30.1. The van der Waals surface area contributed by atoms with Crippen LogP contribution in [0.1, 0.15) is 161 Å². The van der Waals surface area contributed by atoms with Crippen molar-refractivity contribution in [3.63, 3.8) is 0 Å². The summed E-state index contributed by atoms with van der Waals surface area (Å²) in [5.41, 5.74) is 17.1. The van der Waals surface area contributed by atoms with Gasteiger partial charge in [-0.1, -0.05) is 126 Å². The van der Waals surface area contributed by atoms with E-state index in [4.69, 9.17) is 33.2 Å². The zero-order chi connectivity index (χ0) is 46.5. The van der Waals surface area contributed by atoms with Gasteiger partial charge in [-0.15, -0.1) is 0 Å². The molecule has 350 valence electrons. The third kappa shape index (κ3) is 13.0. The maximum absolute atomic E-state index is 6.99. The number of ether oxygens (including phenoxy) is 7. The first-order valence-electron chi connectivity index (χ1n) is 23.8. The summed E-state index contributed by atoms with van der Waals surface area (Å²) in [6.07, 6.45) is 2.19. The summed E-state index contributed by atoms with van der Waals surface area (Å²) in [5, 5.41) is 0. The molecule has 2 aliphatic rings. The van der Waals surface area contributed by atoms with Gasteiger partial charge in [-0.25, -0.2) is 0 Å². The third-order valence-corrected chi connectivity index (χ3v) is 12.9. The van der Waals surface area contributed by atoms with Gasteiger partial charge in [0.25, 0.3) is 0 Å². The third-order valence-electron chi connectivity index (χ3n) is 12.9. The standard InChI is InChI=1S/C57H80O7/c1-38-40-25-43-31-50(56(9,10)11)32-44-27-42-30-49(55(6,7)8)34-46(39(42)2)36-62-37-47-35-51(57(12,13)14)33-45(26-41(38)29-48(28-40)54(3,4)5)53(47)64-24-22-61-20-18-59-16-15-58-17-19-60-21-23-63-52(43)44/h28-35H,15-27,36-37H2,1-14H3. The van der Waals surface area contributed by atoms with Crippen LogP contribution in [0.3, 0.4) is 0 Å². The molecular weight excluding hydrogens is 797 g/mol. The highest BCUT2D eigenvalue weighted by Gasteiger charge is 2.27. The van der Waals surface area contributed by atoms with Crippen molar-refractivity contribution in [1.82, 2.24) is 0 Å². The van der Waals surface area contributed by atoms with E-state index in [-0.39, 0.29) is 21.7 Å². The van der Waals surface area contributed by atoms with Gasteiger partial charge in [0, 0.05) is 24.8 Å². The van der Waals surface area contributed by atoms with E-state index >= 15 is 0 Å². The summed E-state index contributed by atoms with van der Waals surface area (Å²) in [5.74, 6) is 1.84. The molecule has 0 saturated carbocycles. The van der Waals surface area contributed by atoms with Gasteiger partial charge < -0.3 is 33.2 Å². The number of hydrogen-bond acceptors (Lipinski definition) is 7. The minimum atomic E-state index is -0.0934. The van der Waals surface area contributed by atoms with Crippen LogP contribution in [0.25, 0.3) is 0 Å². The van der Waals surface area contributed by atoms with Crippen molar-refractivity contribution in [3.05, 3.63) is 126 Å². The molecule has 7 nitrogen and oxygen atoms in total. The first-order valence-corrected chi connectivity index (χ1v) is 23.8. The highest BCUT2D eigenvalue weighted by molar-refractivity contribution is 5.55. The highest BCUT2D eigenvalue weighted by atomic mass is 16.6. The topological polar surface area (TPSA) is 64.6 Å². The Hall–Kier alpha value is -3.72. The Morgan fingerprint density at radius 3 is 0.891 bits per heavy atom. The molecule has 0 saturated heterocycles. The SMILES string of the molecule is Cc1c2cc(C(C)(C)C)cc1Cc1cc(C(C)(C)C)cc3c1OCCOCCOCCOCCOCCOc1c(cc(C(C)(C)C)cc1Cc1cc(C(C)(C)C)cc(c1C)C3)COC2. The first kappa shape index (κ1) is 49.7. The van der Waals surface area contributed by atoms with Crippen LogP contribution in [0.4, 0.5) is 0 Å². The van der Waals surface area contributed by atoms with Crippen molar-refractivity contribution in [3.8, 4) is 11.5 Å². The minimum absolute atomic E-state index is 0.0645. The van der Waals surface area contributed by atoms with Crippen molar-refractivity contribution in [2.45, 2.75) is 151 Å². The lowest BCUT2D eigenvalue weighted by Gasteiger charge is -2.28. The fourth-order valence-corrected chi connectivity index (χ4v) is 8.55. The summed E-state index contributed by atoms with van der Waals surface area (Å²) in [6.45, 7) is 37.9. The summed E-state index contributed by atoms with van der Waals surface area (Å²) >= 11 is 0. The van der Waals surface area contributed by atoms with Crippen molar-refractivity contribution in [2.24, 2.45) is 0 Å². The molecule has 4 aromatic rings. The van der Waals surface area contributed by atoms with Crippen LogP contribution in [-0.4, -0.2) is 66.1 Å². The van der Waals surface area contributed by atoms with Gasteiger partial charge in [-0.05, 0) is 114 Å². The second kappa shape index (κ2) is 20.8. The number of rotatable bonds is 0. The molecular formula is C57H80O7. The Labute approximate surface area is 386 Å². The average molecular weight is 877 g/mol. The Bertz CT molecular complexity index is 2210. The average Bonchev–Trinajstić information content (AvgIpc) is 3.19. The lowest BCUT2D eigenvalue weighted by Crippen LogP contribution is -2.18. The van der Waals surface area contributed by atoms with E-state index in [1.807, 2.05) is 0 Å². The molecule has 0 N–H and O–H groups in total. The van der Waals surface area contributed by atoms with E-state index in [0.29, 0.717) is 79.3 Å². The molecule has 4 aromatic carbocycles. The van der Waals surface area contributed by atoms with Gasteiger partial charge in [0.15, 0.2) is 0 Å². The molecule has 2 aliphatic heterocycles. The van der Waals surface area contributed by atoms with E-state index in [1.54, 1.807) is 0 Å². The Balaban J connectivity index is 1.64. The van der Waals surface area contributed by atoms with Crippen LogP contribution in [-0.2, 0) is 77.8 Å². The molecule has 2 heterocycles. The Kier molecular flexibility index (Phi) is 16.2. The second-order valence-corrected chi connectivity index (χ2v) is 22.3. The van der Waals surface area contributed by atoms with E-state index in [9.17, 15) is 0 Å². The molecule has 0 aliphatic carbocycles. The Morgan fingerprint density at radius 2 is 0.547 bits per heavy atom. The summed E-state index contributed by atoms with van der Waals surface area (Å²) in [4.78, 5) is 0. The lowest BCUT2D eigenvalue weighted by molar-refractivity contribution is -0.00712. The van der Waals surface area contributed by atoms with Crippen molar-refractivity contribution in [2.75, 3.05) is 66.1 Å². The van der Waals surface area contributed by atoms with Crippen LogP contribution in [0, 0.1) is 13.8 Å². The van der Waals surface area contributed by atoms with Gasteiger partial charge >= 0.3 is 0 Å². The molecule has 10 bridgehead atoms. The van der Waals surface area contributed by atoms with Crippen LogP contribution in [0.2, 0.25) is 0 Å². The summed E-state index contributed by atoms with van der Waals surface area (Å²) in [7, 11) is 0. The smallest absolute Gasteiger partial charge is 0.128 e. The molecule has 6 rings (SSSR count). The summed E-state index contributed by atoms with van der Waals surface area (Å²) in [6, 6.07) is 19.2. The fourth-order valence-electron chi connectivity index (χ4n) is 8.55. The molecule has 0 unspecified atom stereocenters. The van der Waals surface area contributed by atoms with Crippen molar-refractivity contribution < 1.29 is 33.2 Å². The largest absolute Gasteiger partial charge is 0.491 e. The van der Waals surface area contributed by atoms with Gasteiger partial charge in [0.05, 0.1) is 66.1 Å². The van der Waals surface area contributed by atoms with E-state index in [0.717, 1.165) is 41.9 Å². The van der Waals surface area contributed by atoms with Crippen molar-refractivity contribution >= 4 is 0 Å². The number of hydrogen-bond donors (Lipinski definition) is 0. The van der Waals surface area contributed by atoms with Gasteiger partial charge in [-0.3, -0.25) is 0 Å². The van der Waals surface area contributed by atoms with Crippen LogP contribution < -0.4 is 9.47 Å². The molecule has 64 heavy (non-hydrogen) atoms. The van der Waals surface area contributed by atoms with E-state index in [1.165, 1.54) is 66.8 Å². The highest BCUT2D eigenvalue weighted by Crippen LogP contribution is 2.40. The van der Waals surface area contributed by atoms with E-state index in [2.05, 4.69) is 145 Å². The zero-order valence-electron chi connectivity index (χ0n) is 42.1. The van der Waals surface area contributed by atoms with Crippen LogP contribution in [0.5, 0.6) is 11.5 Å². The molecule has 0 amide bonds. The molecule has 7 heteroatoms. The van der Waals surface area contributed by atoms with Crippen LogP contribution >= 0.6 is 0 Å². The Morgan fingerprint density at radius 1 is 0.297 bits per heavy atom. The zero-order valence-corrected chi connectivity index (χ0v) is 42.1. The van der Waals surface area contributed by atoms with Gasteiger partial charge in [-0.2, -0.15) is 0 Å². The normalized spacial score (nSPS) is 17.2. The predicted octanol–water partition coefficient (Wildman–Crippen LogP) is 12.1. The summed E-state index contributed by atoms with van der Waals surface area (Å²) < 4.78 is 44.4. The maximum Gasteiger partial charge on any atom is 0.128 e. The monoisotopic (exact) mass is 877 g/mol. The lowest BCUT2D eigenvalue weighted by atomic mass is 9.79. The predicted molar refractivity (Wildman–Crippen MR) is 261 cm³/mol. The van der Waals surface area contributed by atoms with Gasteiger partial charge in [0.1, 0.15) is 24.7 Å².